The van der Waals surface area contributed by atoms with Crippen molar-refractivity contribution in [1.29, 1.82) is 0 Å². The van der Waals surface area contributed by atoms with Crippen molar-refractivity contribution in [2.45, 2.75) is 25.3 Å². The zero-order chi connectivity index (χ0) is 21.2. The Bertz CT molecular complexity index is 994. The number of amides is 1. The van der Waals surface area contributed by atoms with E-state index in [1.54, 1.807) is 26.0 Å². The number of anilines is 1. The molecule has 1 N–H and O–H groups in total. The van der Waals surface area contributed by atoms with Crippen LogP contribution in [0, 0.1) is 13.8 Å². The van der Waals surface area contributed by atoms with Crippen LogP contribution in [0.2, 0.25) is 0 Å². The molecule has 1 aromatic carbocycles. The molecular formula is C19H26N4O5S. The summed E-state index contributed by atoms with van der Waals surface area (Å²) in [6, 6.07) is 4.84. The molecule has 1 aromatic heterocycles. The molecule has 10 heteroatoms. The number of benzene rings is 1. The van der Waals surface area contributed by atoms with Crippen LogP contribution in [0.5, 0.6) is 0 Å². The van der Waals surface area contributed by atoms with Crippen LogP contribution in [-0.4, -0.2) is 69.0 Å². The van der Waals surface area contributed by atoms with Crippen molar-refractivity contribution >= 4 is 21.6 Å². The predicted octanol–water partition coefficient (Wildman–Crippen LogP) is 1.63. The fourth-order valence-corrected chi connectivity index (χ4v) is 4.87. The lowest BCUT2D eigenvalue weighted by Crippen LogP contribution is -2.47. The van der Waals surface area contributed by atoms with Gasteiger partial charge in [0.25, 0.3) is 5.91 Å². The van der Waals surface area contributed by atoms with Crippen molar-refractivity contribution in [3.63, 3.8) is 0 Å². The van der Waals surface area contributed by atoms with Crippen LogP contribution in [-0.2, 0) is 21.4 Å². The van der Waals surface area contributed by atoms with Crippen molar-refractivity contribution in [2.75, 3.05) is 45.7 Å². The largest absolute Gasteiger partial charge is 0.380 e. The van der Waals surface area contributed by atoms with Gasteiger partial charge in [-0.2, -0.15) is 4.31 Å². The van der Waals surface area contributed by atoms with E-state index in [-0.39, 0.29) is 17.2 Å². The molecule has 1 aliphatic rings. The summed E-state index contributed by atoms with van der Waals surface area (Å²) in [6.45, 7) is 5.87. The number of hydrogen-bond donors (Lipinski definition) is 1. The number of sulfonamides is 1. The Labute approximate surface area is 170 Å². The van der Waals surface area contributed by atoms with Gasteiger partial charge in [-0.25, -0.2) is 8.42 Å². The molecule has 3 rings (SSSR count). The second-order valence-electron chi connectivity index (χ2n) is 7.14. The maximum Gasteiger partial charge on any atom is 0.278 e. The first-order valence-electron chi connectivity index (χ1n) is 9.29. The smallest absolute Gasteiger partial charge is 0.278 e. The molecule has 0 aliphatic carbocycles. The van der Waals surface area contributed by atoms with Crippen LogP contribution in [0.3, 0.4) is 0 Å². The molecule has 1 amide bonds. The SMILES string of the molecule is COCc1c(C(=O)Nc2ccc(C)c(S(=O)(=O)N3CCN(C)CC3)c2)noc1C. The number of aromatic nitrogens is 1. The number of carbonyl (C=O) groups excluding carboxylic acids is 1. The summed E-state index contributed by atoms with van der Waals surface area (Å²) in [4.78, 5) is 14.9. The third kappa shape index (κ3) is 4.50. The standard InChI is InChI=1S/C19H26N4O5S/c1-13-5-6-15(20-19(24)18-16(12-27-4)14(2)28-21-18)11-17(13)29(25,26)23-9-7-22(3)8-10-23/h5-6,11H,7-10,12H2,1-4H3,(H,20,24). The first-order valence-corrected chi connectivity index (χ1v) is 10.7. The maximum atomic E-state index is 13.1. The molecule has 2 heterocycles. The summed E-state index contributed by atoms with van der Waals surface area (Å²) in [7, 11) is -0.166. The van der Waals surface area contributed by atoms with Crippen LogP contribution in [0.15, 0.2) is 27.6 Å². The van der Waals surface area contributed by atoms with Crippen molar-refractivity contribution < 1.29 is 22.5 Å². The molecule has 1 fully saturated rings. The number of likely N-dealkylation sites (N-methyl/N-ethyl adjacent to an activating group) is 1. The van der Waals surface area contributed by atoms with E-state index in [9.17, 15) is 13.2 Å². The summed E-state index contributed by atoms with van der Waals surface area (Å²) in [5.41, 5.74) is 1.67. The van der Waals surface area contributed by atoms with Crippen LogP contribution in [0.4, 0.5) is 5.69 Å². The van der Waals surface area contributed by atoms with E-state index >= 15 is 0 Å². The maximum absolute atomic E-state index is 13.1. The van der Waals surface area contributed by atoms with Gasteiger partial charge in [-0.1, -0.05) is 11.2 Å². The van der Waals surface area contributed by atoms with Crippen molar-refractivity contribution in [3.8, 4) is 0 Å². The Hall–Kier alpha value is -2.27. The normalized spacial score (nSPS) is 16.1. The minimum atomic E-state index is -3.65. The number of ether oxygens (including phenoxy) is 1. The lowest BCUT2D eigenvalue weighted by molar-refractivity contribution is 0.101. The average Bonchev–Trinajstić information content (AvgIpc) is 3.04. The third-order valence-corrected chi connectivity index (χ3v) is 7.06. The summed E-state index contributed by atoms with van der Waals surface area (Å²) in [6.07, 6.45) is 0. The van der Waals surface area contributed by atoms with E-state index in [1.165, 1.54) is 17.5 Å². The molecule has 0 spiro atoms. The Morgan fingerprint density at radius 1 is 1.24 bits per heavy atom. The van der Waals surface area contributed by atoms with Gasteiger partial charge in [0.1, 0.15) is 5.76 Å². The van der Waals surface area contributed by atoms with Gasteiger partial charge in [0.2, 0.25) is 10.0 Å². The van der Waals surface area contributed by atoms with Gasteiger partial charge >= 0.3 is 0 Å². The van der Waals surface area contributed by atoms with E-state index in [2.05, 4.69) is 15.4 Å². The first-order chi connectivity index (χ1) is 13.7. The lowest BCUT2D eigenvalue weighted by Gasteiger charge is -2.32. The fraction of sp³-hybridized carbons (Fsp3) is 0.474. The van der Waals surface area contributed by atoms with Crippen LogP contribution in [0.1, 0.15) is 27.4 Å². The highest BCUT2D eigenvalue weighted by atomic mass is 32.2. The van der Waals surface area contributed by atoms with Crippen LogP contribution < -0.4 is 5.32 Å². The zero-order valence-corrected chi connectivity index (χ0v) is 17.9. The Morgan fingerprint density at radius 3 is 2.59 bits per heavy atom. The van der Waals surface area contributed by atoms with Gasteiger partial charge in [-0.05, 0) is 38.6 Å². The number of rotatable bonds is 6. The molecule has 0 atom stereocenters. The molecular weight excluding hydrogens is 396 g/mol. The minimum Gasteiger partial charge on any atom is -0.380 e. The molecule has 29 heavy (non-hydrogen) atoms. The lowest BCUT2D eigenvalue weighted by atomic mass is 10.2. The van der Waals surface area contributed by atoms with Gasteiger partial charge in [-0.3, -0.25) is 4.79 Å². The van der Waals surface area contributed by atoms with E-state index in [0.717, 1.165) is 0 Å². The molecule has 0 radical (unpaired) electrons. The van der Waals surface area contributed by atoms with Gasteiger partial charge < -0.3 is 19.5 Å². The first kappa shape index (κ1) is 21.4. The van der Waals surface area contributed by atoms with E-state index in [1.807, 2.05) is 7.05 Å². The van der Waals surface area contributed by atoms with Crippen molar-refractivity contribution in [1.82, 2.24) is 14.4 Å². The number of nitrogens with zero attached hydrogens (tertiary/aromatic N) is 3. The summed E-state index contributed by atoms with van der Waals surface area (Å²) in [5.74, 6) is 0.0138. The highest BCUT2D eigenvalue weighted by molar-refractivity contribution is 7.89. The minimum absolute atomic E-state index is 0.119. The molecule has 1 aliphatic heterocycles. The molecule has 9 nitrogen and oxygen atoms in total. The topological polar surface area (TPSA) is 105 Å². The second-order valence-corrected chi connectivity index (χ2v) is 9.05. The zero-order valence-electron chi connectivity index (χ0n) is 17.1. The van der Waals surface area contributed by atoms with Gasteiger partial charge in [0.05, 0.1) is 17.1 Å². The van der Waals surface area contributed by atoms with Crippen molar-refractivity contribution in [2.24, 2.45) is 0 Å². The highest BCUT2D eigenvalue weighted by Gasteiger charge is 2.29. The summed E-state index contributed by atoms with van der Waals surface area (Å²) in [5, 5.41) is 6.51. The van der Waals surface area contributed by atoms with Gasteiger partial charge in [0, 0.05) is 39.0 Å². The number of piperazine rings is 1. The van der Waals surface area contributed by atoms with Crippen LogP contribution >= 0.6 is 0 Å². The molecule has 2 aromatic rings. The number of nitrogens with one attached hydrogen (secondary N) is 1. The number of carbonyl (C=O) groups is 1. The van der Waals surface area contributed by atoms with Crippen LogP contribution in [0.25, 0.3) is 0 Å². The summed E-state index contributed by atoms with van der Waals surface area (Å²) < 4.78 is 37.9. The second kappa shape index (κ2) is 8.62. The predicted molar refractivity (Wildman–Crippen MR) is 107 cm³/mol. The van der Waals surface area contributed by atoms with E-state index in [0.29, 0.717) is 48.8 Å². The van der Waals surface area contributed by atoms with Gasteiger partial charge in [0.15, 0.2) is 5.69 Å². The molecule has 0 unspecified atom stereocenters. The number of hydrogen-bond acceptors (Lipinski definition) is 7. The Kier molecular flexibility index (Phi) is 6.37. The number of aryl methyl sites for hydroxylation is 2. The molecule has 0 saturated carbocycles. The van der Waals surface area contributed by atoms with Gasteiger partial charge in [-0.15, -0.1) is 0 Å². The number of methoxy groups -OCH3 is 1. The fourth-order valence-electron chi connectivity index (χ4n) is 3.20. The Balaban J connectivity index is 1.85. The monoisotopic (exact) mass is 422 g/mol. The molecule has 1 saturated heterocycles. The highest BCUT2D eigenvalue weighted by Crippen LogP contribution is 2.25. The quantitative estimate of drug-likeness (QED) is 0.754. The Morgan fingerprint density at radius 2 is 1.93 bits per heavy atom. The summed E-state index contributed by atoms with van der Waals surface area (Å²) >= 11 is 0. The van der Waals surface area contributed by atoms with E-state index in [4.69, 9.17) is 9.26 Å². The van der Waals surface area contributed by atoms with E-state index < -0.39 is 15.9 Å². The van der Waals surface area contributed by atoms with Crippen molar-refractivity contribution in [3.05, 3.63) is 40.8 Å². The molecule has 158 valence electrons. The molecule has 0 bridgehead atoms. The third-order valence-electron chi connectivity index (χ3n) is 5.01. The average molecular weight is 423 g/mol.